The number of benzene rings is 1. The van der Waals surface area contributed by atoms with Gasteiger partial charge in [-0.25, -0.2) is 0 Å². The summed E-state index contributed by atoms with van der Waals surface area (Å²) in [7, 11) is 4.12. The Bertz CT molecular complexity index is 443. The van der Waals surface area contributed by atoms with E-state index in [-0.39, 0.29) is 5.91 Å². The third-order valence-electron chi connectivity index (χ3n) is 3.70. The molecule has 4 heteroatoms. The van der Waals surface area contributed by atoms with Crippen LogP contribution < -0.4 is 11.1 Å². The molecule has 0 radical (unpaired) electrons. The van der Waals surface area contributed by atoms with Crippen molar-refractivity contribution < 1.29 is 4.79 Å². The van der Waals surface area contributed by atoms with Crippen LogP contribution in [0.25, 0.3) is 0 Å². The maximum atomic E-state index is 12.1. The van der Waals surface area contributed by atoms with Gasteiger partial charge in [0.2, 0.25) is 5.91 Å². The first-order chi connectivity index (χ1) is 9.93. The van der Waals surface area contributed by atoms with Crippen LogP contribution >= 0.6 is 0 Å². The van der Waals surface area contributed by atoms with Crippen LogP contribution in [0.3, 0.4) is 0 Å². The van der Waals surface area contributed by atoms with E-state index in [9.17, 15) is 4.79 Å². The molecule has 0 saturated carbocycles. The van der Waals surface area contributed by atoms with Gasteiger partial charge in [0.25, 0.3) is 0 Å². The summed E-state index contributed by atoms with van der Waals surface area (Å²) >= 11 is 0. The highest BCUT2D eigenvalue weighted by Crippen LogP contribution is 2.10. The first-order valence-corrected chi connectivity index (χ1v) is 7.64. The maximum absolute atomic E-state index is 12.1. The topological polar surface area (TPSA) is 58.4 Å². The highest BCUT2D eigenvalue weighted by atomic mass is 16.1. The molecule has 118 valence electrons. The number of hydrogen-bond donors (Lipinski definition) is 2. The van der Waals surface area contributed by atoms with E-state index in [1.54, 1.807) is 0 Å². The molecule has 0 aromatic heterocycles. The predicted molar refractivity (Wildman–Crippen MR) is 88.0 cm³/mol. The van der Waals surface area contributed by atoms with Crippen molar-refractivity contribution in [1.29, 1.82) is 0 Å². The zero-order valence-electron chi connectivity index (χ0n) is 13.7. The number of nitrogens with one attached hydrogen (secondary N) is 1. The second-order valence-corrected chi connectivity index (χ2v) is 6.20. The van der Waals surface area contributed by atoms with E-state index < -0.39 is 0 Å². The first kappa shape index (κ1) is 17.7. The Morgan fingerprint density at radius 1 is 1.24 bits per heavy atom. The summed E-state index contributed by atoms with van der Waals surface area (Å²) in [6, 6.07) is 8.22. The Balaban J connectivity index is 2.53. The number of nitrogens with zero attached hydrogens (tertiary/aromatic N) is 1. The molecular weight excluding hydrogens is 262 g/mol. The third-order valence-corrected chi connectivity index (χ3v) is 3.70. The minimum atomic E-state index is 0.0616. The van der Waals surface area contributed by atoms with E-state index in [0.29, 0.717) is 31.5 Å². The van der Waals surface area contributed by atoms with Crippen LogP contribution in [0.1, 0.15) is 31.4 Å². The molecule has 1 rings (SSSR count). The van der Waals surface area contributed by atoms with Gasteiger partial charge in [-0.05, 0) is 37.6 Å². The molecule has 1 amide bonds. The SMILES string of the molecule is CC(C)CC(CNC(=O)Cc1ccccc1CN)N(C)C. The molecule has 3 N–H and O–H groups in total. The number of carbonyl (C=O) groups is 1. The molecule has 4 nitrogen and oxygen atoms in total. The lowest BCUT2D eigenvalue weighted by Gasteiger charge is -2.26. The molecule has 0 aliphatic rings. The Morgan fingerprint density at radius 3 is 2.38 bits per heavy atom. The van der Waals surface area contributed by atoms with Crippen LogP contribution in [-0.4, -0.2) is 37.5 Å². The van der Waals surface area contributed by atoms with Crippen LogP contribution in [0, 0.1) is 5.92 Å². The minimum absolute atomic E-state index is 0.0616. The van der Waals surface area contributed by atoms with Gasteiger partial charge < -0.3 is 16.0 Å². The number of likely N-dealkylation sites (N-methyl/N-ethyl adjacent to an activating group) is 1. The standard InChI is InChI=1S/C17H29N3O/c1-13(2)9-16(20(3)4)12-19-17(21)10-14-7-5-6-8-15(14)11-18/h5-8,13,16H,9-12,18H2,1-4H3,(H,19,21). The van der Waals surface area contributed by atoms with Crippen LogP contribution in [0.15, 0.2) is 24.3 Å². The molecule has 0 bridgehead atoms. The highest BCUT2D eigenvalue weighted by Gasteiger charge is 2.15. The van der Waals surface area contributed by atoms with Gasteiger partial charge in [0.15, 0.2) is 0 Å². The molecule has 0 spiro atoms. The summed E-state index contributed by atoms with van der Waals surface area (Å²) in [4.78, 5) is 14.3. The molecule has 0 aliphatic heterocycles. The normalized spacial score (nSPS) is 12.7. The lowest BCUT2D eigenvalue weighted by molar-refractivity contribution is -0.120. The maximum Gasteiger partial charge on any atom is 0.224 e. The summed E-state index contributed by atoms with van der Waals surface area (Å²) in [6.07, 6.45) is 1.47. The summed E-state index contributed by atoms with van der Waals surface area (Å²) in [5.74, 6) is 0.679. The Morgan fingerprint density at radius 2 is 1.86 bits per heavy atom. The predicted octanol–water partition coefficient (Wildman–Crippen LogP) is 1.78. The molecule has 1 unspecified atom stereocenters. The van der Waals surface area contributed by atoms with Gasteiger partial charge in [0.05, 0.1) is 6.42 Å². The van der Waals surface area contributed by atoms with Crippen molar-refractivity contribution in [3.63, 3.8) is 0 Å². The van der Waals surface area contributed by atoms with E-state index in [0.717, 1.165) is 17.5 Å². The zero-order chi connectivity index (χ0) is 15.8. The van der Waals surface area contributed by atoms with Crippen molar-refractivity contribution in [3.05, 3.63) is 35.4 Å². The van der Waals surface area contributed by atoms with E-state index in [2.05, 4.69) is 38.2 Å². The number of nitrogens with two attached hydrogens (primary N) is 1. The van der Waals surface area contributed by atoms with Crippen LogP contribution in [0.4, 0.5) is 0 Å². The lowest BCUT2D eigenvalue weighted by atomic mass is 10.0. The van der Waals surface area contributed by atoms with Gasteiger partial charge in [-0.3, -0.25) is 4.79 Å². The summed E-state index contributed by atoms with van der Waals surface area (Å²) in [5, 5.41) is 3.05. The smallest absolute Gasteiger partial charge is 0.224 e. The summed E-state index contributed by atoms with van der Waals surface area (Å²) in [5.41, 5.74) is 7.76. The number of carbonyl (C=O) groups excluding carboxylic acids is 1. The van der Waals surface area contributed by atoms with E-state index >= 15 is 0 Å². The van der Waals surface area contributed by atoms with Crippen molar-refractivity contribution >= 4 is 5.91 Å². The molecule has 0 aliphatic carbocycles. The minimum Gasteiger partial charge on any atom is -0.354 e. The molecule has 0 heterocycles. The molecule has 21 heavy (non-hydrogen) atoms. The Kier molecular flexibility index (Phi) is 7.40. The fourth-order valence-electron chi connectivity index (χ4n) is 2.42. The van der Waals surface area contributed by atoms with Gasteiger partial charge in [-0.2, -0.15) is 0 Å². The van der Waals surface area contributed by atoms with Gasteiger partial charge in [-0.15, -0.1) is 0 Å². The fourth-order valence-corrected chi connectivity index (χ4v) is 2.42. The Labute approximate surface area is 128 Å². The first-order valence-electron chi connectivity index (χ1n) is 7.64. The Hall–Kier alpha value is -1.39. The van der Waals surface area contributed by atoms with Crippen LogP contribution in [0.5, 0.6) is 0 Å². The second-order valence-electron chi connectivity index (χ2n) is 6.20. The number of hydrogen-bond acceptors (Lipinski definition) is 3. The highest BCUT2D eigenvalue weighted by molar-refractivity contribution is 5.78. The van der Waals surface area contributed by atoms with Gasteiger partial charge in [0, 0.05) is 19.1 Å². The summed E-state index contributed by atoms with van der Waals surface area (Å²) in [6.45, 7) is 5.57. The molecule has 1 atom stereocenters. The molecule has 1 aromatic rings. The van der Waals surface area contributed by atoms with Gasteiger partial charge in [0.1, 0.15) is 0 Å². The van der Waals surface area contributed by atoms with Crippen LogP contribution in [-0.2, 0) is 17.8 Å². The van der Waals surface area contributed by atoms with Crippen molar-refractivity contribution in [2.24, 2.45) is 11.7 Å². The van der Waals surface area contributed by atoms with Crippen molar-refractivity contribution in [2.45, 2.75) is 39.3 Å². The number of amides is 1. The average molecular weight is 291 g/mol. The lowest BCUT2D eigenvalue weighted by Crippen LogP contribution is -2.41. The van der Waals surface area contributed by atoms with Crippen molar-refractivity contribution in [3.8, 4) is 0 Å². The number of rotatable bonds is 8. The van der Waals surface area contributed by atoms with Gasteiger partial charge >= 0.3 is 0 Å². The quantitative estimate of drug-likeness (QED) is 0.767. The third kappa shape index (κ3) is 6.27. The van der Waals surface area contributed by atoms with Crippen molar-refractivity contribution in [1.82, 2.24) is 10.2 Å². The average Bonchev–Trinajstić information content (AvgIpc) is 2.43. The van der Waals surface area contributed by atoms with Crippen molar-refractivity contribution in [2.75, 3.05) is 20.6 Å². The molecular formula is C17H29N3O. The second kappa shape index (κ2) is 8.80. The zero-order valence-corrected chi connectivity index (χ0v) is 13.7. The molecule has 1 aromatic carbocycles. The molecule has 0 fully saturated rings. The monoisotopic (exact) mass is 291 g/mol. The van der Waals surface area contributed by atoms with E-state index in [1.165, 1.54) is 0 Å². The van der Waals surface area contributed by atoms with Gasteiger partial charge in [-0.1, -0.05) is 38.1 Å². The largest absolute Gasteiger partial charge is 0.354 e. The fraction of sp³-hybridized carbons (Fsp3) is 0.588. The van der Waals surface area contributed by atoms with Crippen LogP contribution in [0.2, 0.25) is 0 Å². The van der Waals surface area contributed by atoms with E-state index in [4.69, 9.17) is 5.73 Å². The van der Waals surface area contributed by atoms with E-state index in [1.807, 2.05) is 24.3 Å². The molecule has 0 saturated heterocycles. The summed E-state index contributed by atoms with van der Waals surface area (Å²) < 4.78 is 0.